The third-order valence-electron chi connectivity index (χ3n) is 3.21. The molecular weight excluding hydrogens is 216 g/mol. The minimum atomic E-state index is 0.172. The van der Waals surface area contributed by atoms with Crippen molar-refractivity contribution in [3.05, 3.63) is 17.8 Å². The van der Waals surface area contributed by atoms with Gasteiger partial charge in [0, 0.05) is 19.7 Å². The van der Waals surface area contributed by atoms with Crippen molar-refractivity contribution in [1.29, 1.82) is 0 Å². The normalized spacial score (nSPS) is 24.6. The molecule has 1 aliphatic carbocycles. The number of nitrogens with two attached hydrogens (primary N) is 1. The number of hydrogen-bond donors (Lipinski definition) is 1. The number of hydrogen-bond acceptors (Lipinski definition) is 4. The fraction of sp³-hybridized carbons (Fsp3) is 0.615. The van der Waals surface area contributed by atoms with E-state index in [2.05, 4.69) is 4.98 Å². The second kappa shape index (κ2) is 5.36. The van der Waals surface area contributed by atoms with Crippen LogP contribution >= 0.6 is 0 Å². The van der Waals surface area contributed by atoms with Crippen molar-refractivity contribution in [3.63, 3.8) is 0 Å². The molecule has 1 aliphatic rings. The van der Waals surface area contributed by atoms with E-state index in [9.17, 15) is 0 Å². The van der Waals surface area contributed by atoms with E-state index < -0.39 is 0 Å². The summed E-state index contributed by atoms with van der Waals surface area (Å²) in [6.45, 7) is 1.97. The first-order valence-corrected chi connectivity index (χ1v) is 6.10. The van der Waals surface area contributed by atoms with Gasteiger partial charge in [0.15, 0.2) is 0 Å². The summed E-state index contributed by atoms with van der Waals surface area (Å²) in [5, 5.41) is 0. The highest BCUT2D eigenvalue weighted by molar-refractivity contribution is 5.49. The third-order valence-corrected chi connectivity index (χ3v) is 3.21. The molecule has 17 heavy (non-hydrogen) atoms. The van der Waals surface area contributed by atoms with Crippen molar-refractivity contribution in [1.82, 2.24) is 4.98 Å². The van der Waals surface area contributed by atoms with E-state index >= 15 is 0 Å². The number of nitrogen functional groups attached to an aromatic ring is 1. The number of aromatic nitrogens is 1. The number of anilines is 1. The first kappa shape index (κ1) is 12.2. The Labute approximate surface area is 102 Å². The van der Waals surface area contributed by atoms with Gasteiger partial charge in [-0.05, 0) is 37.8 Å². The van der Waals surface area contributed by atoms with Crippen LogP contribution in [0.5, 0.6) is 5.88 Å². The van der Waals surface area contributed by atoms with E-state index in [1.807, 2.05) is 13.0 Å². The van der Waals surface area contributed by atoms with E-state index in [1.165, 1.54) is 0 Å². The summed E-state index contributed by atoms with van der Waals surface area (Å²) in [5.41, 5.74) is 7.55. The Morgan fingerprint density at radius 2 is 2.12 bits per heavy atom. The molecule has 2 N–H and O–H groups in total. The lowest BCUT2D eigenvalue weighted by molar-refractivity contribution is 0.0198. The smallest absolute Gasteiger partial charge is 0.237 e. The van der Waals surface area contributed by atoms with Crippen LogP contribution < -0.4 is 10.5 Å². The average Bonchev–Trinajstić information content (AvgIpc) is 2.33. The number of pyridine rings is 1. The molecule has 0 saturated heterocycles. The molecule has 2 atom stereocenters. The molecular formula is C13H20N2O2. The van der Waals surface area contributed by atoms with Gasteiger partial charge in [0.05, 0.1) is 11.8 Å². The quantitative estimate of drug-likeness (QED) is 0.875. The maximum absolute atomic E-state index is 5.89. The molecule has 0 aliphatic heterocycles. The standard InChI is InChI=1S/C13H20N2O2/c1-9-6-12(14)13(15-8-9)17-11-5-3-4-10(7-11)16-2/h6,8,10-11H,3-5,7,14H2,1-2H3. The Morgan fingerprint density at radius 1 is 1.35 bits per heavy atom. The third kappa shape index (κ3) is 3.09. The van der Waals surface area contributed by atoms with E-state index in [1.54, 1.807) is 13.3 Å². The summed E-state index contributed by atoms with van der Waals surface area (Å²) in [6.07, 6.45) is 6.48. The van der Waals surface area contributed by atoms with Gasteiger partial charge >= 0.3 is 0 Å². The summed E-state index contributed by atoms with van der Waals surface area (Å²) < 4.78 is 11.2. The summed E-state index contributed by atoms with van der Waals surface area (Å²) in [4.78, 5) is 4.23. The highest BCUT2D eigenvalue weighted by Gasteiger charge is 2.23. The largest absolute Gasteiger partial charge is 0.473 e. The van der Waals surface area contributed by atoms with Gasteiger partial charge in [0.2, 0.25) is 5.88 Å². The summed E-state index contributed by atoms with van der Waals surface area (Å²) in [6, 6.07) is 1.89. The summed E-state index contributed by atoms with van der Waals surface area (Å²) in [7, 11) is 1.76. The van der Waals surface area contributed by atoms with Crippen LogP contribution in [0, 0.1) is 6.92 Å². The van der Waals surface area contributed by atoms with Crippen molar-refractivity contribution < 1.29 is 9.47 Å². The van der Waals surface area contributed by atoms with Gasteiger partial charge in [-0.3, -0.25) is 0 Å². The molecule has 0 radical (unpaired) electrons. The Hall–Kier alpha value is -1.29. The zero-order valence-corrected chi connectivity index (χ0v) is 10.5. The maximum Gasteiger partial charge on any atom is 0.237 e. The molecule has 0 bridgehead atoms. The van der Waals surface area contributed by atoms with Crippen LogP contribution in [0.2, 0.25) is 0 Å². The van der Waals surface area contributed by atoms with Crippen molar-refractivity contribution in [3.8, 4) is 5.88 Å². The van der Waals surface area contributed by atoms with Crippen molar-refractivity contribution >= 4 is 5.69 Å². The Bertz CT molecular complexity index is 382. The molecule has 4 heteroatoms. The SMILES string of the molecule is COC1CCCC(Oc2ncc(C)cc2N)C1. The molecule has 1 saturated carbocycles. The molecule has 1 aromatic heterocycles. The van der Waals surface area contributed by atoms with Gasteiger partial charge in [-0.15, -0.1) is 0 Å². The molecule has 1 heterocycles. The molecule has 0 aromatic carbocycles. The topological polar surface area (TPSA) is 57.4 Å². The molecule has 0 amide bonds. The van der Waals surface area contributed by atoms with Gasteiger partial charge in [0.1, 0.15) is 6.10 Å². The first-order chi connectivity index (χ1) is 8.19. The van der Waals surface area contributed by atoms with E-state index in [4.69, 9.17) is 15.2 Å². The van der Waals surface area contributed by atoms with Crippen LogP contribution in [0.1, 0.15) is 31.2 Å². The number of aryl methyl sites for hydroxylation is 1. The first-order valence-electron chi connectivity index (χ1n) is 6.10. The van der Waals surface area contributed by atoms with Gasteiger partial charge in [-0.25, -0.2) is 4.98 Å². The lowest BCUT2D eigenvalue weighted by Gasteiger charge is -2.28. The Balaban J connectivity index is 2.00. The second-order valence-corrected chi connectivity index (χ2v) is 4.67. The molecule has 1 fully saturated rings. The second-order valence-electron chi connectivity index (χ2n) is 4.67. The van der Waals surface area contributed by atoms with Gasteiger partial charge in [-0.1, -0.05) is 0 Å². The number of rotatable bonds is 3. The molecule has 2 rings (SSSR count). The number of nitrogens with zero attached hydrogens (tertiary/aromatic N) is 1. The lowest BCUT2D eigenvalue weighted by atomic mass is 9.95. The highest BCUT2D eigenvalue weighted by Crippen LogP contribution is 2.27. The van der Waals surface area contributed by atoms with Crippen LogP contribution in [-0.2, 0) is 4.74 Å². The Morgan fingerprint density at radius 3 is 2.82 bits per heavy atom. The maximum atomic E-state index is 5.89. The summed E-state index contributed by atoms with van der Waals surface area (Å²) in [5.74, 6) is 0.553. The van der Waals surface area contributed by atoms with Crippen LogP contribution in [0.4, 0.5) is 5.69 Å². The molecule has 4 nitrogen and oxygen atoms in total. The van der Waals surface area contributed by atoms with Gasteiger partial charge < -0.3 is 15.2 Å². The zero-order valence-electron chi connectivity index (χ0n) is 10.5. The molecule has 1 aromatic rings. The minimum absolute atomic E-state index is 0.172. The summed E-state index contributed by atoms with van der Waals surface area (Å²) >= 11 is 0. The monoisotopic (exact) mass is 236 g/mol. The molecule has 0 spiro atoms. The lowest BCUT2D eigenvalue weighted by Crippen LogP contribution is -2.29. The molecule has 94 valence electrons. The van der Waals surface area contributed by atoms with Crippen LogP contribution in [0.25, 0.3) is 0 Å². The molecule has 2 unspecified atom stereocenters. The fourth-order valence-electron chi connectivity index (χ4n) is 2.26. The van der Waals surface area contributed by atoms with E-state index in [0.29, 0.717) is 17.7 Å². The number of methoxy groups -OCH3 is 1. The highest BCUT2D eigenvalue weighted by atomic mass is 16.5. The predicted octanol–water partition coefficient (Wildman–Crippen LogP) is 2.31. The average molecular weight is 236 g/mol. The van der Waals surface area contributed by atoms with E-state index in [0.717, 1.165) is 31.2 Å². The van der Waals surface area contributed by atoms with Crippen molar-refractivity contribution in [2.75, 3.05) is 12.8 Å². The predicted molar refractivity (Wildman–Crippen MR) is 67.1 cm³/mol. The minimum Gasteiger partial charge on any atom is -0.473 e. The van der Waals surface area contributed by atoms with Crippen LogP contribution in [0.3, 0.4) is 0 Å². The Kier molecular flexibility index (Phi) is 3.84. The van der Waals surface area contributed by atoms with Crippen LogP contribution in [-0.4, -0.2) is 24.3 Å². The fourth-order valence-corrected chi connectivity index (χ4v) is 2.26. The van der Waals surface area contributed by atoms with Crippen molar-refractivity contribution in [2.24, 2.45) is 0 Å². The van der Waals surface area contributed by atoms with Gasteiger partial charge in [-0.2, -0.15) is 0 Å². The number of ether oxygens (including phenoxy) is 2. The van der Waals surface area contributed by atoms with E-state index in [-0.39, 0.29) is 6.10 Å². The van der Waals surface area contributed by atoms with Crippen LogP contribution in [0.15, 0.2) is 12.3 Å². The zero-order chi connectivity index (χ0) is 12.3. The van der Waals surface area contributed by atoms with Crippen molar-refractivity contribution in [2.45, 2.75) is 44.8 Å². The van der Waals surface area contributed by atoms with Gasteiger partial charge in [0.25, 0.3) is 0 Å².